The second kappa shape index (κ2) is 7.94. The summed E-state index contributed by atoms with van der Waals surface area (Å²) in [5.41, 5.74) is 6.31. The molecule has 6 heteroatoms. The fraction of sp³-hybridized carbons (Fsp3) is 0.789. The van der Waals surface area contributed by atoms with E-state index in [1.54, 1.807) is 4.90 Å². The van der Waals surface area contributed by atoms with Crippen molar-refractivity contribution in [1.29, 1.82) is 0 Å². The number of nitrogens with one attached hydrogen (secondary N) is 1. The van der Waals surface area contributed by atoms with Crippen molar-refractivity contribution >= 4 is 34.4 Å². The average molecular weight is 459 g/mol. The van der Waals surface area contributed by atoms with Gasteiger partial charge in [-0.2, -0.15) is 0 Å². The summed E-state index contributed by atoms with van der Waals surface area (Å²) in [7, 11) is 0. The summed E-state index contributed by atoms with van der Waals surface area (Å²) in [6.45, 7) is 4.93. The Bertz CT molecular complexity index is 553. The number of amides is 2. The zero-order valence-corrected chi connectivity index (χ0v) is 17.3. The van der Waals surface area contributed by atoms with Gasteiger partial charge in [-0.3, -0.25) is 9.59 Å². The molecule has 0 radical (unpaired) electrons. The van der Waals surface area contributed by atoms with E-state index in [4.69, 9.17) is 5.73 Å². The first-order chi connectivity index (χ1) is 11.9. The number of nitrogens with two attached hydrogens (primary N) is 1. The number of allylic oxidation sites excluding steroid dienone is 1. The zero-order valence-electron chi connectivity index (χ0n) is 15.2. The van der Waals surface area contributed by atoms with Gasteiger partial charge in [0.25, 0.3) is 0 Å². The molecule has 25 heavy (non-hydrogen) atoms. The summed E-state index contributed by atoms with van der Waals surface area (Å²) in [6, 6.07) is -0.640. The van der Waals surface area contributed by atoms with Gasteiger partial charge < -0.3 is 16.0 Å². The Kier molecular flexibility index (Phi) is 6.08. The summed E-state index contributed by atoms with van der Waals surface area (Å²) in [4.78, 5) is 27.4. The van der Waals surface area contributed by atoms with Crippen LogP contribution in [0.25, 0.3) is 0 Å². The minimum absolute atomic E-state index is 0.00323. The molecule has 2 heterocycles. The molecule has 2 fully saturated rings. The molecular weight excluding hydrogens is 429 g/mol. The fourth-order valence-electron chi connectivity index (χ4n) is 4.13. The number of fused-ring (bicyclic) bond motifs is 2. The van der Waals surface area contributed by atoms with Crippen LogP contribution in [0.3, 0.4) is 0 Å². The summed E-state index contributed by atoms with van der Waals surface area (Å²) in [5, 5.41) is 3.14. The van der Waals surface area contributed by atoms with Crippen molar-refractivity contribution in [3.05, 3.63) is 12.2 Å². The van der Waals surface area contributed by atoms with Crippen molar-refractivity contribution in [1.82, 2.24) is 10.2 Å². The molecule has 5 nitrogen and oxygen atoms in total. The first kappa shape index (κ1) is 19.1. The van der Waals surface area contributed by atoms with E-state index in [-0.39, 0.29) is 29.8 Å². The summed E-state index contributed by atoms with van der Waals surface area (Å²) < 4.78 is 0.313. The number of hydrogen-bond acceptors (Lipinski definition) is 3. The van der Waals surface area contributed by atoms with Gasteiger partial charge in [0.1, 0.15) is 6.04 Å². The molecule has 0 aromatic carbocycles. The zero-order chi connectivity index (χ0) is 18.1. The smallest absolute Gasteiger partial charge is 0.243 e. The van der Waals surface area contributed by atoms with Crippen LogP contribution < -0.4 is 11.1 Å². The van der Waals surface area contributed by atoms with Crippen molar-refractivity contribution in [2.45, 2.75) is 68.0 Å². The highest BCUT2D eigenvalue weighted by molar-refractivity contribution is 14.1. The quantitative estimate of drug-likeness (QED) is 0.332. The van der Waals surface area contributed by atoms with Gasteiger partial charge in [0.15, 0.2) is 0 Å². The van der Waals surface area contributed by atoms with Gasteiger partial charge in [0, 0.05) is 16.5 Å². The van der Waals surface area contributed by atoms with Gasteiger partial charge >= 0.3 is 0 Å². The van der Waals surface area contributed by atoms with Crippen LogP contribution in [-0.2, 0) is 9.59 Å². The standard InChI is InChI=1S/C19H30IN3O2/c1-11-5-3-4-6-13-8-15(13)22-18(24)16-9-14(20)10-23(16)19(25)17(21)12(2)7-11/h4,6,11-17H,3,5,7-10,21H2,1-2H3,(H,22,24)/b6-4-/t11-,12-,13-,14-,15-,16+,17?/m1/s1. The molecule has 7 atom stereocenters. The Balaban J connectivity index is 1.78. The van der Waals surface area contributed by atoms with Crippen LogP contribution in [0.2, 0.25) is 0 Å². The van der Waals surface area contributed by atoms with E-state index in [0.717, 1.165) is 32.1 Å². The van der Waals surface area contributed by atoms with E-state index in [2.05, 4.69) is 53.9 Å². The number of halogens is 1. The van der Waals surface area contributed by atoms with E-state index < -0.39 is 6.04 Å². The molecule has 0 bridgehead atoms. The molecule has 1 unspecified atom stereocenters. The monoisotopic (exact) mass is 459 g/mol. The summed E-state index contributed by atoms with van der Waals surface area (Å²) in [6.07, 6.45) is 9.38. The predicted molar refractivity (Wildman–Crippen MR) is 107 cm³/mol. The third-order valence-corrected chi connectivity index (χ3v) is 6.79. The molecular formula is C19H30IN3O2. The van der Waals surface area contributed by atoms with Gasteiger partial charge in [-0.25, -0.2) is 0 Å². The lowest BCUT2D eigenvalue weighted by Gasteiger charge is -2.30. The number of carbonyl (C=O) groups excluding carboxylic acids is 2. The second-order valence-corrected chi connectivity index (χ2v) is 9.97. The second-order valence-electron chi connectivity index (χ2n) is 8.20. The van der Waals surface area contributed by atoms with Crippen LogP contribution >= 0.6 is 22.6 Å². The lowest BCUT2D eigenvalue weighted by Crippen LogP contribution is -2.53. The third-order valence-electron chi connectivity index (χ3n) is 5.88. The summed E-state index contributed by atoms with van der Waals surface area (Å²) >= 11 is 2.34. The number of carbonyl (C=O) groups is 2. The van der Waals surface area contributed by atoms with Crippen LogP contribution in [0.1, 0.15) is 46.0 Å². The van der Waals surface area contributed by atoms with E-state index in [0.29, 0.717) is 22.3 Å². The Morgan fingerprint density at radius 3 is 2.76 bits per heavy atom. The molecule has 2 aliphatic heterocycles. The van der Waals surface area contributed by atoms with Gasteiger partial charge in [0.05, 0.1) is 6.04 Å². The Morgan fingerprint density at radius 1 is 1.24 bits per heavy atom. The Morgan fingerprint density at radius 2 is 2.00 bits per heavy atom. The summed E-state index contributed by atoms with van der Waals surface area (Å²) in [5.74, 6) is 1.08. The van der Waals surface area contributed by atoms with Crippen molar-refractivity contribution in [2.24, 2.45) is 23.5 Å². The minimum Gasteiger partial charge on any atom is -0.351 e. The van der Waals surface area contributed by atoms with Gasteiger partial charge in [-0.1, -0.05) is 48.6 Å². The number of rotatable bonds is 0. The van der Waals surface area contributed by atoms with E-state index >= 15 is 0 Å². The Labute approximate surface area is 164 Å². The maximum absolute atomic E-state index is 13.0. The van der Waals surface area contributed by atoms with Crippen LogP contribution in [0.4, 0.5) is 0 Å². The first-order valence-corrected chi connectivity index (χ1v) is 10.8. The van der Waals surface area contributed by atoms with Crippen molar-refractivity contribution in [2.75, 3.05) is 6.54 Å². The molecule has 2 amide bonds. The highest BCUT2D eigenvalue weighted by Crippen LogP contribution is 2.34. The van der Waals surface area contributed by atoms with E-state index in [1.165, 1.54) is 0 Å². The normalized spacial score (nSPS) is 44.2. The fourth-order valence-corrected chi connectivity index (χ4v) is 5.04. The molecule has 1 saturated carbocycles. The lowest BCUT2D eigenvalue weighted by molar-refractivity contribution is -0.140. The lowest BCUT2D eigenvalue weighted by atomic mass is 9.88. The van der Waals surface area contributed by atoms with Crippen LogP contribution in [0, 0.1) is 17.8 Å². The average Bonchev–Trinajstić information content (AvgIpc) is 3.17. The molecule has 3 rings (SSSR count). The number of alkyl halides is 1. The van der Waals surface area contributed by atoms with Gasteiger partial charge in [-0.15, -0.1) is 0 Å². The molecule has 0 spiro atoms. The van der Waals surface area contributed by atoms with Crippen LogP contribution in [-0.4, -0.2) is 45.3 Å². The third kappa shape index (κ3) is 4.56. The molecule has 3 N–H and O–H groups in total. The number of hydrogen-bond donors (Lipinski definition) is 2. The molecule has 1 aliphatic carbocycles. The van der Waals surface area contributed by atoms with Crippen molar-refractivity contribution in [3.8, 4) is 0 Å². The van der Waals surface area contributed by atoms with Crippen molar-refractivity contribution < 1.29 is 9.59 Å². The van der Waals surface area contributed by atoms with Crippen LogP contribution in [0.15, 0.2) is 12.2 Å². The Hall–Kier alpha value is -0.630. The number of nitrogens with zero attached hydrogens (tertiary/aromatic N) is 1. The topological polar surface area (TPSA) is 75.4 Å². The molecule has 140 valence electrons. The molecule has 0 aromatic rings. The van der Waals surface area contributed by atoms with E-state index in [1.807, 2.05) is 0 Å². The molecule has 0 aromatic heterocycles. The first-order valence-electron chi connectivity index (χ1n) is 9.54. The predicted octanol–water partition coefficient (Wildman–Crippen LogP) is 2.24. The highest BCUT2D eigenvalue weighted by Gasteiger charge is 2.44. The van der Waals surface area contributed by atoms with Gasteiger partial charge in [0.2, 0.25) is 11.8 Å². The van der Waals surface area contributed by atoms with Gasteiger partial charge in [-0.05, 0) is 49.9 Å². The molecule has 1 saturated heterocycles. The highest BCUT2D eigenvalue weighted by atomic mass is 127. The maximum Gasteiger partial charge on any atom is 0.243 e. The largest absolute Gasteiger partial charge is 0.351 e. The minimum atomic E-state index is -0.520. The van der Waals surface area contributed by atoms with E-state index in [9.17, 15) is 9.59 Å². The molecule has 3 aliphatic rings. The van der Waals surface area contributed by atoms with Crippen LogP contribution in [0.5, 0.6) is 0 Å². The maximum atomic E-state index is 13.0. The van der Waals surface area contributed by atoms with Crippen molar-refractivity contribution in [3.63, 3.8) is 0 Å². The SMILES string of the molecule is C[C@@H]1CC/C=C\[C@@H]2C[C@H]2NC(=O)[C@@H]2C[C@@H](I)CN2C(=O)C(N)[C@H](C)C1.